The lowest BCUT2D eigenvalue weighted by molar-refractivity contribution is 0.0596. The van der Waals surface area contributed by atoms with Gasteiger partial charge in [-0.2, -0.15) is 0 Å². The van der Waals surface area contributed by atoms with Crippen LogP contribution in [0.1, 0.15) is 23.7 Å². The molecule has 0 amide bonds. The van der Waals surface area contributed by atoms with Crippen LogP contribution < -0.4 is 10.1 Å². The van der Waals surface area contributed by atoms with Crippen LogP contribution in [0.4, 0.5) is 5.69 Å². The van der Waals surface area contributed by atoms with Crippen molar-refractivity contribution >= 4 is 17.9 Å². The summed E-state index contributed by atoms with van der Waals surface area (Å²) in [5.41, 5.74) is 1.14. The van der Waals surface area contributed by atoms with E-state index < -0.39 is 5.97 Å². The van der Waals surface area contributed by atoms with Crippen molar-refractivity contribution < 1.29 is 14.3 Å². The summed E-state index contributed by atoms with van der Waals surface area (Å²) in [6.07, 6.45) is 5.29. The van der Waals surface area contributed by atoms with Crippen molar-refractivity contribution in [1.29, 1.82) is 0 Å². The van der Waals surface area contributed by atoms with E-state index in [1.165, 1.54) is 13.5 Å². The number of benzene rings is 1. The van der Waals surface area contributed by atoms with E-state index in [0.29, 0.717) is 29.8 Å². The maximum atomic E-state index is 11.8. The fourth-order valence-corrected chi connectivity index (χ4v) is 2.44. The Labute approximate surface area is 123 Å². The van der Waals surface area contributed by atoms with Crippen LogP contribution in [0.3, 0.4) is 0 Å². The SMILES string of the molecule is CCOc1c(NC2=CC3CC3C=N2)cccc1C(=O)OC. The predicted molar refractivity (Wildman–Crippen MR) is 80.7 cm³/mol. The van der Waals surface area contributed by atoms with E-state index in [0.717, 1.165) is 11.5 Å². The van der Waals surface area contributed by atoms with Crippen molar-refractivity contribution in [2.45, 2.75) is 13.3 Å². The minimum absolute atomic E-state index is 0.411. The van der Waals surface area contributed by atoms with Gasteiger partial charge in [0.1, 0.15) is 11.4 Å². The zero-order valence-electron chi connectivity index (χ0n) is 12.1. The molecule has 0 aromatic heterocycles. The molecule has 1 aliphatic heterocycles. The average molecular weight is 286 g/mol. The minimum atomic E-state index is -0.412. The van der Waals surface area contributed by atoms with Crippen molar-refractivity contribution in [3.63, 3.8) is 0 Å². The molecule has 3 rings (SSSR count). The first kappa shape index (κ1) is 13.7. The lowest BCUT2D eigenvalue weighted by atomic mass is 10.1. The van der Waals surface area contributed by atoms with E-state index in [1.807, 2.05) is 19.2 Å². The Balaban J connectivity index is 1.90. The molecule has 21 heavy (non-hydrogen) atoms. The molecule has 2 unspecified atom stereocenters. The van der Waals surface area contributed by atoms with Gasteiger partial charge in [0, 0.05) is 12.1 Å². The molecule has 2 aliphatic rings. The monoisotopic (exact) mass is 286 g/mol. The van der Waals surface area contributed by atoms with Gasteiger partial charge in [0.25, 0.3) is 0 Å². The number of anilines is 1. The molecule has 1 aromatic rings. The number of carbonyl (C=O) groups excluding carboxylic acids is 1. The number of fused-ring (bicyclic) bond motifs is 1. The van der Waals surface area contributed by atoms with Gasteiger partial charge in [0.05, 0.1) is 19.4 Å². The van der Waals surface area contributed by atoms with Crippen LogP contribution in [0, 0.1) is 11.8 Å². The Bertz CT molecular complexity index is 622. The van der Waals surface area contributed by atoms with Crippen molar-refractivity contribution in [2.75, 3.05) is 19.0 Å². The van der Waals surface area contributed by atoms with Crippen LogP contribution in [0.5, 0.6) is 5.75 Å². The lowest BCUT2D eigenvalue weighted by Crippen LogP contribution is -2.09. The highest BCUT2D eigenvalue weighted by molar-refractivity contribution is 5.95. The minimum Gasteiger partial charge on any atom is -0.491 e. The maximum Gasteiger partial charge on any atom is 0.341 e. The summed E-state index contributed by atoms with van der Waals surface area (Å²) in [6, 6.07) is 5.36. The molecule has 0 saturated heterocycles. The number of esters is 1. The third-order valence-electron chi connectivity index (χ3n) is 3.64. The fourth-order valence-electron chi connectivity index (χ4n) is 2.44. The first-order valence-electron chi connectivity index (χ1n) is 7.10. The van der Waals surface area contributed by atoms with Gasteiger partial charge in [-0.3, -0.25) is 0 Å². The molecule has 1 fully saturated rings. The molecule has 1 aromatic carbocycles. The van der Waals surface area contributed by atoms with Crippen molar-refractivity contribution in [1.82, 2.24) is 0 Å². The number of ether oxygens (including phenoxy) is 2. The van der Waals surface area contributed by atoms with E-state index in [1.54, 1.807) is 12.1 Å². The van der Waals surface area contributed by atoms with Gasteiger partial charge in [-0.25, -0.2) is 9.79 Å². The third-order valence-corrected chi connectivity index (χ3v) is 3.64. The Morgan fingerprint density at radius 1 is 1.43 bits per heavy atom. The smallest absolute Gasteiger partial charge is 0.341 e. The summed E-state index contributed by atoms with van der Waals surface area (Å²) in [5, 5.41) is 3.24. The van der Waals surface area contributed by atoms with Gasteiger partial charge in [0.15, 0.2) is 5.75 Å². The molecule has 5 heteroatoms. The number of allylic oxidation sites excluding steroid dienone is 1. The predicted octanol–water partition coefficient (Wildman–Crippen LogP) is 2.85. The summed E-state index contributed by atoms with van der Waals surface area (Å²) < 4.78 is 10.4. The third kappa shape index (κ3) is 2.77. The van der Waals surface area contributed by atoms with Gasteiger partial charge in [-0.1, -0.05) is 6.07 Å². The standard InChI is InChI=1S/C16H18N2O3/c1-3-21-15-12(16(19)20-2)5-4-6-13(15)18-14-8-10-7-11(10)9-17-14/h4-6,8-11,18H,3,7H2,1-2H3. The normalized spacial score (nSPS) is 22.1. The Morgan fingerprint density at radius 2 is 2.29 bits per heavy atom. The molecule has 5 nitrogen and oxygen atoms in total. The molecule has 0 bridgehead atoms. The number of nitrogens with one attached hydrogen (secondary N) is 1. The molecular formula is C16H18N2O3. The van der Waals surface area contributed by atoms with Crippen LogP contribution in [-0.4, -0.2) is 25.9 Å². The molecule has 1 heterocycles. The topological polar surface area (TPSA) is 59.9 Å². The Morgan fingerprint density at radius 3 is 3.00 bits per heavy atom. The van der Waals surface area contributed by atoms with E-state index in [4.69, 9.17) is 9.47 Å². The Kier molecular flexibility index (Phi) is 3.64. The molecule has 1 aliphatic carbocycles. The van der Waals surface area contributed by atoms with E-state index in [-0.39, 0.29) is 0 Å². The summed E-state index contributed by atoms with van der Waals surface area (Å²) in [5.74, 6) is 2.11. The summed E-state index contributed by atoms with van der Waals surface area (Å²) in [7, 11) is 1.36. The number of aliphatic imine (C=N–C) groups is 1. The second kappa shape index (κ2) is 5.60. The van der Waals surface area contributed by atoms with Gasteiger partial charge < -0.3 is 14.8 Å². The van der Waals surface area contributed by atoms with Gasteiger partial charge in [0.2, 0.25) is 0 Å². The van der Waals surface area contributed by atoms with Crippen LogP contribution in [-0.2, 0) is 4.74 Å². The molecule has 0 radical (unpaired) electrons. The van der Waals surface area contributed by atoms with Gasteiger partial charge in [-0.05, 0) is 37.5 Å². The zero-order chi connectivity index (χ0) is 14.8. The maximum absolute atomic E-state index is 11.8. The molecule has 2 atom stereocenters. The lowest BCUT2D eigenvalue weighted by Gasteiger charge is -2.16. The highest BCUT2D eigenvalue weighted by atomic mass is 16.5. The molecule has 110 valence electrons. The number of carbonyl (C=O) groups is 1. The largest absolute Gasteiger partial charge is 0.491 e. The second-order valence-corrected chi connectivity index (χ2v) is 5.13. The second-order valence-electron chi connectivity index (χ2n) is 5.13. The molecule has 0 spiro atoms. The molecule has 1 N–H and O–H groups in total. The highest BCUT2D eigenvalue weighted by Gasteiger charge is 2.36. The van der Waals surface area contributed by atoms with Crippen LogP contribution in [0.2, 0.25) is 0 Å². The molecule has 1 saturated carbocycles. The quantitative estimate of drug-likeness (QED) is 0.846. The van der Waals surface area contributed by atoms with Crippen LogP contribution in [0.25, 0.3) is 0 Å². The van der Waals surface area contributed by atoms with Gasteiger partial charge in [-0.15, -0.1) is 0 Å². The van der Waals surface area contributed by atoms with E-state index in [9.17, 15) is 4.79 Å². The van der Waals surface area contributed by atoms with Crippen molar-refractivity contribution in [2.24, 2.45) is 16.8 Å². The first-order chi connectivity index (χ1) is 10.2. The first-order valence-corrected chi connectivity index (χ1v) is 7.10. The van der Waals surface area contributed by atoms with Crippen LogP contribution in [0.15, 0.2) is 35.1 Å². The van der Waals surface area contributed by atoms with Crippen molar-refractivity contribution in [3.05, 3.63) is 35.7 Å². The fraction of sp³-hybridized carbons (Fsp3) is 0.375. The van der Waals surface area contributed by atoms with Gasteiger partial charge >= 0.3 is 5.97 Å². The highest BCUT2D eigenvalue weighted by Crippen LogP contribution is 2.42. The summed E-state index contributed by atoms with van der Waals surface area (Å²) >= 11 is 0. The zero-order valence-corrected chi connectivity index (χ0v) is 12.1. The van der Waals surface area contributed by atoms with E-state index >= 15 is 0 Å². The number of para-hydroxylation sites is 1. The number of hydrogen-bond donors (Lipinski definition) is 1. The number of rotatable bonds is 5. The summed E-state index contributed by atoms with van der Waals surface area (Å²) in [6.45, 7) is 2.35. The summed E-state index contributed by atoms with van der Waals surface area (Å²) in [4.78, 5) is 16.2. The number of hydrogen-bond acceptors (Lipinski definition) is 5. The Hall–Kier alpha value is -2.30. The molecular weight excluding hydrogens is 268 g/mol. The van der Waals surface area contributed by atoms with Crippen molar-refractivity contribution in [3.8, 4) is 5.75 Å². The number of nitrogens with zero attached hydrogens (tertiary/aromatic N) is 1. The van der Waals surface area contributed by atoms with Crippen LogP contribution >= 0.6 is 0 Å². The van der Waals surface area contributed by atoms with E-state index in [2.05, 4.69) is 16.4 Å². The average Bonchev–Trinajstić information content (AvgIpc) is 3.27. The number of methoxy groups -OCH3 is 1.